The van der Waals surface area contributed by atoms with Crippen LogP contribution in [0.3, 0.4) is 0 Å². The minimum absolute atomic E-state index is 0.878. The second-order valence-corrected chi connectivity index (χ2v) is 10.1. The third-order valence-electron chi connectivity index (χ3n) is 6.89. The molecule has 0 atom stereocenters. The van der Waals surface area contributed by atoms with Crippen LogP contribution in [0.15, 0.2) is 126 Å². The van der Waals surface area contributed by atoms with Crippen molar-refractivity contribution in [1.29, 1.82) is 0 Å². The summed E-state index contributed by atoms with van der Waals surface area (Å²) in [6.07, 6.45) is 3.78. The Morgan fingerprint density at radius 1 is 0.595 bits per heavy atom. The summed E-state index contributed by atoms with van der Waals surface area (Å²) in [5.41, 5.74) is 6.70. The van der Waals surface area contributed by atoms with E-state index in [0.717, 1.165) is 45.2 Å². The Morgan fingerprint density at radius 2 is 1.14 bits per heavy atom. The van der Waals surface area contributed by atoms with E-state index in [9.17, 15) is 0 Å². The maximum Gasteiger partial charge on any atom is 0.140 e. The van der Waals surface area contributed by atoms with E-state index in [4.69, 9.17) is 4.98 Å². The molecule has 0 radical (unpaired) electrons. The van der Waals surface area contributed by atoms with Crippen molar-refractivity contribution >= 4 is 62.9 Å². The van der Waals surface area contributed by atoms with Gasteiger partial charge >= 0.3 is 0 Å². The molecule has 0 unspecified atom stereocenters. The van der Waals surface area contributed by atoms with Gasteiger partial charge in [0.05, 0.1) is 22.4 Å². The first kappa shape index (κ1) is 21.7. The molecule has 0 spiro atoms. The molecular weight excluding hydrogens is 470 g/mol. The lowest BCUT2D eigenvalue weighted by molar-refractivity contribution is 1.04. The van der Waals surface area contributed by atoms with Crippen molar-refractivity contribution in [2.45, 2.75) is 9.79 Å². The van der Waals surface area contributed by atoms with Crippen molar-refractivity contribution < 1.29 is 0 Å². The average Bonchev–Trinajstić information content (AvgIpc) is 3.28. The predicted octanol–water partition coefficient (Wildman–Crippen LogP) is 9.40. The van der Waals surface area contributed by atoms with Gasteiger partial charge in [0.15, 0.2) is 0 Å². The van der Waals surface area contributed by atoms with Gasteiger partial charge in [0.25, 0.3) is 0 Å². The molecule has 0 aliphatic carbocycles. The quantitative estimate of drug-likeness (QED) is 0.244. The fourth-order valence-electron chi connectivity index (χ4n) is 5.17. The molecule has 0 saturated heterocycles. The SMILES string of the molecule is C=Cc1ccc2c(c1)c1cc(C=C)ccc1n2-c1cccc(N2c3ccccc3Sc3ccccc32)n1. The highest BCUT2D eigenvalue weighted by molar-refractivity contribution is 7.99. The maximum absolute atomic E-state index is 5.26. The highest BCUT2D eigenvalue weighted by Crippen LogP contribution is 2.50. The number of aromatic nitrogens is 2. The van der Waals surface area contributed by atoms with Crippen LogP contribution in [0.5, 0.6) is 0 Å². The molecule has 0 fully saturated rings. The Bertz CT molecular complexity index is 1750. The van der Waals surface area contributed by atoms with Crippen LogP contribution >= 0.6 is 11.8 Å². The Labute approximate surface area is 220 Å². The van der Waals surface area contributed by atoms with E-state index in [2.05, 4.69) is 126 Å². The second-order valence-electron chi connectivity index (χ2n) is 9.02. The lowest BCUT2D eigenvalue weighted by Crippen LogP contribution is -2.16. The van der Waals surface area contributed by atoms with Crippen molar-refractivity contribution in [3.05, 3.63) is 127 Å². The van der Waals surface area contributed by atoms with Crippen LogP contribution in [0.25, 0.3) is 39.8 Å². The number of hydrogen-bond donors (Lipinski definition) is 0. The lowest BCUT2D eigenvalue weighted by Gasteiger charge is -2.32. The van der Waals surface area contributed by atoms with Gasteiger partial charge in [0, 0.05) is 20.6 Å². The van der Waals surface area contributed by atoms with Gasteiger partial charge in [-0.3, -0.25) is 9.47 Å². The van der Waals surface area contributed by atoms with Crippen LogP contribution < -0.4 is 4.90 Å². The second kappa shape index (κ2) is 8.54. The van der Waals surface area contributed by atoms with Crippen LogP contribution in [0.4, 0.5) is 17.2 Å². The lowest BCUT2D eigenvalue weighted by atomic mass is 10.1. The molecule has 4 aromatic carbocycles. The molecule has 0 amide bonds. The van der Waals surface area contributed by atoms with Crippen molar-refractivity contribution in [3.63, 3.8) is 0 Å². The summed E-state index contributed by atoms with van der Waals surface area (Å²) in [4.78, 5) is 9.97. The molecule has 176 valence electrons. The average molecular weight is 494 g/mol. The van der Waals surface area contributed by atoms with Gasteiger partial charge in [-0.15, -0.1) is 0 Å². The normalized spacial score (nSPS) is 12.4. The van der Waals surface area contributed by atoms with Gasteiger partial charge < -0.3 is 0 Å². The number of hydrogen-bond acceptors (Lipinski definition) is 3. The number of pyridine rings is 1. The largest absolute Gasteiger partial charge is 0.294 e. The first-order chi connectivity index (χ1) is 18.2. The zero-order valence-electron chi connectivity index (χ0n) is 20.1. The van der Waals surface area contributed by atoms with E-state index < -0.39 is 0 Å². The van der Waals surface area contributed by atoms with E-state index in [1.807, 2.05) is 12.2 Å². The molecule has 2 aromatic heterocycles. The van der Waals surface area contributed by atoms with E-state index in [-0.39, 0.29) is 0 Å². The molecule has 1 aliphatic heterocycles. The fraction of sp³-hybridized carbons (Fsp3) is 0. The zero-order valence-corrected chi connectivity index (χ0v) is 21.0. The first-order valence-electron chi connectivity index (χ1n) is 12.2. The number of nitrogens with zero attached hydrogens (tertiary/aromatic N) is 3. The van der Waals surface area contributed by atoms with Crippen LogP contribution in [0.1, 0.15) is 11.1 Å². The van der Waals surface area contributed by atoms with Crippen molar-refractivity contribution in [1.82, 2.24) is 9.55 Å². The fourth-order valence-corrected chi connectivity index (χ4v) is 6.23. The van der Waals surface area contributed by atoms with Crippen molar-refractivity contribution in [2.24, 2.45) is 0 Å². The smallest absolute Gasteiger partial charge is 0.140 e. The third-order valence-corrected chi connectivity index (χ3v) is 8.02. The number of rotatable bonds is 4. The summed E-state index contributed by atoms with van der Waals surface area (Å²) < 4.78 is 2.25. The number of anilines is 3. The molecule has 1 aliphatic rings. The molecule has 4 heteroatoms. The molecule has 0 saturated carbocycles. The molecule has 3 heterocycles. The standard InChI is InChI=1S/C33H23N3S/c1-3-22-16-18-26-24(20-22)25-21-23(4-2)17-19-27(25)35(26)32-14-9-15-33(34-32)36-28-10-5-7-12-30(28)37-31-13-8-6-11-29(31)36/h3-21H,1-2H2. The van der Waals surface area contributed by atoms with E-state index in [1.165, 1.54) is 20.6 Å². The van der Waals surface area contributed by atoms with Gasteiger partial charge in [-0.2, -0.15) is 0 Å². The molecule has 0 N–H and O–H groups in total. The molecule has 7 rings (SSSR count). The van der Waals surface area contributed by atoms with Gasteiger partial charge in [-0.1, -0.05) is 79.5 Å². The Kier molecular flexibility index (Phi) is 5.01. The molecule has 6 aromatic rings. The van der Waals surface area contributed by atoms with Crippen LogP contribution in [-0.4, -0.2) is 9.55 Å². The predicted molar refractivity (Wildman–Crippen MR) is 158 cm³/mol. The summed E-state index contributed by atoms with van der Waals surface area (Å²) >= 11 is 1.80. The highest BCUT2D eigenvalue weighted by Gasteiger charge is 2.25. The number of para-hydroxylation sites is 2. The van der Waals surface area contributed by atoms with E-state index in [1.54, 1.807) is 11.8 Å². The Balaban J connectivity index is 1.48. The highest BCUT2D eigenvalue weighted by atomic mass is 32.2. The Morgan fingerprint density at radius 3 is 1.70 bits per heavy atom. The Hall–Kier alpha value is -4.54. The summed E-state index contributed by atoms with van der Waals surface area (Å²) in [5, 5.41) is 2.35. The van der Waals surface area contributed by atoms with Crippen LogP contribution in [-0.2, 0) is 0 Å². The van der Waals surface area contributed by atoms with Crippen molar-refractivity contribution in [3.8, 4) is 5.82 Å². The monoisotopic (exact) mass is 493 g/mol. The van der Waals surface area contributed by atoms with Crippen LogP contribution in [0, 0.1) is 0 Å². The summed E-state index contributed by atoms with van der Waals surface area (Å²) in [6.45, 7) is 7.95. The van der Waals surface area contributed by atoms with Gasteiger partial charge in [0.1, 0.15) is 11.6 Å². The molecular formula is C33H23N3S. The minimum atomic E-state index is 0.878. The number of fused-ring (bicyclic) bond motifs is 5. The van der Waals surface area contributed by atoms with Crippen LogP contribution in [0.2, 0.25) is 0 Å². The van der Waals surface area contributed by atoms with Gasteiger partial charge in [-0.05, 0) is 71.8 Å². The summed E-state index contributed by atoms with van der Waals surface area (Å²) in [6, 6.07) is 36.3. The molecule has 0 bridgehead atoms. The molecule has 37 heavy (non-hydrogen) atoms. The summed E-state index contributed by atoms with van der Waals surface area (Å²) in [7, 11) is 0. The van der Waals surface area contributed by atoms with Gasteiger partial charge in [0.2, 0.25) is 0 Å². The minimum Gasteiger partial charge on any atom is -0.294 e. The molecule has 3 nitrogen and oxygen atoms in total. The van der Waals surface area contributed by atoms with Gasteiger partial charge in [-0.25, -0.2) is 4.98 Å². The van der Waals surface area contributed by atoms with E-state index in [0.29, 0.717) is 0 Å². The zero-order chi connectivity index (χ0) is 24.9. The van der Waals surface area contributed by atoms with Crippen molar-refractivity contribution in [2.75, 3.05) is 4.90 Å². The number of benzene rings is 4. The third kappa shape index (κ3) is 3.41. The topological polar surface area (TPSA) is 21.1 Å². The summed E-state index contributed by atoms with van der Waals surface area (Å²) in [5.74, 6) is 1.77. The maximum atomic E-state index is 5.26. The first-order valence-corrected chi connectivity index (χ1v) is 13.0. The van der Waals surface area contributed by atoms with E-state index >= 15 is 0 Å².